The molecule has 1 amide bonds. The monoisotopic (exact) mass is 305 g/mol. The average molecular weight is 306 g/mol. The van der Waals surface area contributed by atoms with Crippen LogP contribution in [-0.2, 0) is 24.8 Å². The summed E-state index contributed by atoms with van der Waals surface area (Å²) in [5.74, 6) is 0.0487. The highest BCUT2D eigenvalue weighted by Gasteiger charge is 2.10. The van der Waals surface area contributed by atoms with Gasteiger partial charge in [-0.1, -0.05) is 23.7 Å². The molecule has 1 aromatic heterocycles. The van der Waals surface area contributed by atoms with Crippen molar-refractivity contribution in [3.63, 3.8) is 0 Å². The third-order valence-electron chi connectivity index (χ3n) is 3.68. The van der Waals surface area contributed by atoms with E-state index < -0.39 is 0 Å². The molecule has 2 aromatic rings. The molecule has 0 aliphatic rings. The van der Waals surface area contributed by atoms with Gasteiger partial charge in [0.1, 0.15) is 0 Å². The maximum atomic E-state index is 11.9. The normalized spacial score (nSPS) is 10.7. The first-order valence-electron chi connectivity index (χ1n) is 6.97. The topological polar surface area (TPSA) is 46.9 Å². The number of carbonyl (C=O) groups excluding carboxylic acids is 1. The number of nitrogens with zero attached hydrogens (tertiary/aromatic N) is 2. The van der Waals surface area contributed by atoms with E-state index >= 15 is 0 Å². The van der Waals surface area contributed by atoms with Crippen molar-refractivity contribution in [3.05, 3.63) is 51.8 Å². The second kappa shape index (κ2) is 6.76. The van der Waals surface area contributed by atoms with Crippen LogP contribution in [0.4, 0.5) is 0 Å². The van der Waals surface area contributed by atoms with E-state index in [-0.39, 0.29) is 5.91 Å². The highest BCUT2D eigenvalue weighted by molar-refractivity contribution is 6.30. The number of nitrogens with one attached hydrogen (secondary N) is 1. The maximum absolute atomic E-state index is 11.9. The lowest BCUT2D eigenvalue weighted by molar-refractivity contribution is -0.121. The van der Waals surface area contributed by atoms with Crippen molar-refractivity contribution in [2.75, 3.05) is 0 Å². The number of hydrogen-bond donors (Lipinski definition) is 1. The zero-order chi connectivity index (χ0) is 15.4. The van der Waals surface area contributed by atoms with Crippen LogP contribution in [0.5, 0.6) is 0 Å². The van der Waals surface area contributed by atoms with Gasteiger partial charge in [0.2, 0.25) is 5.91 Å². The largest absolute Gasteiger partial charge is 0.352 e. The molecule has 112 valence electrons. The molecule has 21 heavy (non-hydrogen) atoms. The molecule has 0 atom stereocenters. The predicted molar refractivity (Wildman–Crippen MR) is 84.3 cm³/mol. The van der Waals surface area contributed by atoms with Gasteiger partial charge in [0, 0.05) is 36.3 Å². The number of amides is 1. The van der Waals surface area contributed by atoms with E-state index in [2.05, 4.69) is 10.4 Å². The number of aryl methyl sites for hydroxylation is 3. The van der Waals surface area contributed by atoms with Gasteiger partial charge in [0.05, 0.1) is 5.69 Å². The van der Waals surface area contributed by atoms with Gasteiger partial charge < -0.3 is 5.32 Å². The van der Waals surface area contributed by atoms with E-state index in [0.29, 0.717) is 24.4 Å². The molecule has 1 heterocycles. The predicted octanol–water partition coefficient (Wildman–Crippen LogP) is 2.94. The van der Waals surface area contributed by atoms with E-state index in [9.17, 15) is 4.79 Å². The van der Waals surface area contributed by atoms with E-state index in [1.165, 1.54) is 0 Å². The molecule has 0 radical (unpaired) electrons. The molecule has 0 fully saturated rings. The summed E-state index contributed by atoms with van der Waals surface area (Å²) < 4.78 is 1.84. The summed E-state index contributed by atoms with van der Waals surface area (Å²) in [7, 11) is 1.91. The van der Waals surface area contributed by atoms with Gasteiger partial charge in [-0.3, -0.25) is 9.48 Å². The van der Waals surface area contributed by atoms with Crippen LogP contribution < -0.4 is 5.32 Å². The summed E-state index contributed by atoms with van der Waals surface area (Å²) in [6, 6.07) is 7.59. The molecule has 0 saturated carbocycles. The molecular weight excluding hydrogens is 286 g/mol. The highest BCUT2D eigenvalue weighted by atomic mass is 35.5. The SMILES string of the molecule is Cc1nn(C)c(C)c1CNC(=O)CCc1ccc(Cl)cc1. The number of hydrogen-bond acceptors (Lipinski definition) is 2. The number of carbonyl (C=O) groups is 1. The van der Waals surface area contributed by atoms with Gasteiger partial charge in [-0.25, -0.2) is 0 Å². The summed E-state index contributed by atoms with van der Waals surface area (Å²) in [4.78, 5) is 11.9. The second-order valence-corrected chi connectivity index (χ2v) is 5.61. The van der Waals surface area contributed by atoms with Crippen molar-refractivity contribution in [2.45, 2.75) is 33.2 Å². The Morgan fingerprint density at radius 3 is 2.52 bits per heavy atom. The van der Waals surface area contributed by atoms with E-state index in [0.717, 1.165) is 22.5 Å². The van der Waals surface area contributed by atoms with Gasteiger partial charge in [-0.2, -0.15) is 5.10 Å². The Morgan fingerprint density at radius 2 is 1.95 bits per heavy atom. The Morgan fingerprint density at radius 1 is 1.29 bits per heavy atom. The van der Waals surface area contributed by atoms with Crippen LogP contribution in [0.1, 0.15) is 28.9 Å². The van der Waals surface area contributed by atoms with Gasteiger partial charge in [0.25, 0.3) is 0 Å². The van der Waals surface area contributed by atoms with Crippen LogP contribution in [-0.4, -0.2) is 15.7 Å². The molecule has 1 aromatic carbocycles. The van der Waals surface area contributed by atoms with Crippen LogP contribution in [0.2, 0.25) is 5.02 Å². The Balaban J connectivity index is 1.83. The third-order valence-corrected chi connectivity index (χ3v) is 3.93. The minimum Gasteiger partial charge on any atom is -0.352 e. The average Bonchev–Trinajstić information content (AvgIpc) is 2.69. The fourth-order valence-electron chi connectivity index (χ4n) is 2.26. The fraction of sp³-hybridized carbons (Fsp3) is 0.375. The molecule has 0 spiro atoms. The molecule has 2 rings (SSSR count). The summed E-state index contributed by atoms with van der Waals surface area (Å²) in [6.45, 7) is 4.50. The first-order chi connectivity index (χ1) is 9.97. The summed E-state index contributed by atoms with van der Waals surface area (Å²) in [5, 5.41) is 8.01. The summed E-state index contributed by atoms with van der Waals surface area (Å²) in [6.07, 6.45) is 1.19. The molecule has 4 nitrogen and oxygen atoms in total. The minimum absolute atomic E-state index is 0.0487. The lowest BCUT2D eigenvalue weighted by Crippen LogP contribution is -2.23. The zero-order valence-corrected chi connectivity index (χ0v) is 13.4. The molecular formula is C16H20ClN3O. The lowest BCUT2D eigenvalue weighted by atomic mass is 10.1. The molecule has 0 unspecified atom stereocenters. The zero-order valence-electron chi connectivity index (χ0n) is 12.6. The Labute approximate surface area is 130 Å². The molecule has 1 N–H and O–H groups in total. The minimum atomic E-state index is 0.0487. The quantitative estimate of drug-likeness (QED) is 0.923. The number of benzene rings is 1. The van der Waals surface area contributed by atoms with Crippen LogP contribution in [0, 0.1) is 13.8 Å². The van der Waals surface area contributed by atoms with Crippen LogP contribution in [0.15, 0.2) is 24.3 Å². The van der Waals surface area contributed by atoms with Gasteiger partial charge in [-0.05, 0) is 38.0 Å². The van der Waals surface area contributed by atoms with E-state index in [1.54, 1.807) is 0 Å². The smallest absolute Gasteiger partial charge is 0.220 e. The fourth-order valence-corrected chi connectivity index (χ4v) is 2.38. The van der Waals surface area contributed by atoms with Crippen molar-refractivity contribution in [3.8, 4) is 0 Å². The number of halogens is 1. The van der Waals surface area contributed by atoms with Crippen molar-refractivity contribution in [1.29, 1.82) is 0 Å². The molecule has 0 bridgehead atoms. The summed E-state index contributed by atoms with van der Waals surface area (Å²) >= 11 is 5.84. The van der Waals surface area contributed by atoms with E-state index in [4.69, 9.17) is 11.6 Å². The first kappa shape index (κ1) is 15.6. The molecule has 0 saturated heterocycles. The van der Waals surface area contributed by atoms with Crippen molar-refractivity contribution >= 4 is 17.5 Å². The van der Waals surface area contributed by atoms with Gasteiger partial charge in [-0.15, -0.1) is 0 Å². The van der Waals surface area contributed by atoms with Crippen molar-refractivity contribution in [1.82, 2.24) is 15.1 Å². The summed E-state index contributed by atoms with van der Waals surface area (Å²) in [5.41, 5.74) is 4.26. The van der Waals surface area contributed by atoms with Crippen molar-refractivity contribution < 1.29 is 4.79 Å². The highest BCUT2D eigenvalue weighted by Crippen LogP contribution is 2.12. The maximum Gasteiger partial charge on any atom is 0.220 e. The first-order valence-corrected chi connectivity index (χ1v) is 7.35. The standard InChI is InChI=1S/C16H20ClN3O/c1-11-15(12(2)20(3)19-11)10-18-16(21)9-6-13-4-7-14(17)8-5-13/h4-5,7-8H,6,9-10H2,1-3H3,(H,18,21). The lowest BCUT2D eigenvalue weighted by Gasteiger charge is -2.06. The Bertz CT molecular complexity index is 632. The molecule has 0 aliphatic carbocycles. The number of rotatable bonds is 5. The third kappa shape index (κ3) is 4.08. The van der Waals surface area contributed by atoms with Gasteiger partial charge >= 0.3 is 0 Å². The molecule has 5 heteroatoms. The van der Waals surface area contributed by atoms with Gasteiger partial charge in [0.15, 0.2) is 0 Å². The van der Waals surface area contributed by atoms with E-state index in [1.807, 2.05) is 49.8 Å². The number of aromatic nitrogens is 2. The van der Waals surface area contributed by atoms with Crippen LogP contribution >= 0.6 is 11.6 Å². The Hall–Kier alpha value is -1.81. The van der Waals surface area contributed by atoms with Crippen LogP contribution in [0.25, 0.3) is 0 Å². The second-order valence-electron chi connectivity index (χ2n) is 5.18. The van der Waals surface area contributed by atoms with Crippen LogP contribution in [0.3, 0.4) is 0 Å². The Kier molecular flexibility index (Phi) is 5.02. The van der Waals surface area contributed by atoms with Crippen molar-refractivity contribution in [2.24, 2.45) is 7.05 Å². The molecule has 0 aliphatic heterocycles.